The second kappa shape index (κ2) is 6.54. The van der Waals surface area contributed by atoms with E-state index in [4.69, 9.17) is 5.14 Å². The first kappa shape index (κ1) is 18.1. The van der Waals surface area contributed by atoms with Crippen molar-refractivity contribution in [3.63, 3.8) is 0 Å². The van der Waals surface area contributed by atoms with Gasteiger partial charge in [0.15, 0.2) is 23.3 Å². The lowest BCUT2D eigenvalue weighted by Gasteiger charge is -2.12. The molecule has 26 heavy (non-hydrogen) atoms. The number of hydrogen-bond acceptors (Lipinski definition) is 2. The predicted octanol–water partition coefficient (Wildman–Crippen LogP) is 4.22. The van der Waals surface area contributed by atoms with Crippen molar-refractivity contribution in [3.05, 3.63) is 77.9 Å². The van der Waals surface area contributed by atoms with Gasteiger partial charge in [0, 0.05) is 0 Å². The summed E-state index contributed by atoms with van der Waals surface area (Å²) in [7, 11) is -3.91. The van der Waals surface area contributed by atoms with Gasteiger partial charge in [-0.15, -0.1) is 0 Å². The zero-order chi connectivity index (χ0) is 19.1. The molecule has 0 fully saturated rings. The van der Waals surface area contributed by atoms with E-state index in [1.807, 2.05) is 0 Å². The van der Waals surface area contributed by atoms with E-state index >= 15 is 0 Å². The van der Waals surface area contributed by atoms with Crippen molar-refractivity contribution in [3.8, 4) is 22.3 Å². The third kappa shape index (κ3) is 3.47. The molecule has 2 N–H and O–H groups in total. The monoisotopic (exact) mass is 381 g/mol. The van der Waals surface area contributed by atoms with Crippen LogP contribution in [-0.4, -0.2) is 8.42 Å². The molecule has 0 aliphatic rings. The fourth-order valence-corrected chi connectivity index (χ4v) is 3.03. The molecule has 0 radical (unpaired) electrons. The van der Waals surface area contributed by atoms with Crippen molar-refractivity contribution in [2.75, 3.05) is 0 Å². The Hall–Kier alpha value is -2.71. The molecule has 8 heteroatoms. The Labute approximate surface area is 146 Å². The van der Waals surface area contributed by atoms with Crippen LogP contribution in [0.5, 0.6) is 0 Å². The molecule has 0 saturated carbocycles. The third-order valence-corrected chi connectivity index (χ3v) is 4.71. The van der Waals surface area contributed by atoms with Gasteiger partial charge in [0.25, 0.3) is 0 Å². The lowest BCUT2D eigenvalue weighted by molar-refractivity contribution is 0.507. The number of nitrogens with two attached hydrogens (primary N) is 1. The maximum atomic E-state index is 13.7. The van der Waals surface area contributed by atoms with Crippen molar-refractivity contribution >= 4 is 10.0 Å². The minimum Gasteiger partial charge on any atom is -0.225 e. The molecule has 3 rings (SSSR count). The van der Waals surface area contributed by atoms with Crippen molar-refractivity contribution < 1.29 is 26.0 Å². The molecule has 134 valence electrons. The summed E-state index contributed by atoms with van der Waals surface area (Å²) in [6.07, 6.45) is 0. The van der Waals surface area contributed by atoms with Crippen molar-refractivity contribution in [2.24, 2.45) is 5.14 Å². The largest absolute Gasteiger partial charge is 0.238 e. The van der Waals surface area contributed by atoms with Crippen LogP contribution in [0.1, 0.15) is 0 Å². The average molecular weight is 381 g/mol. The minimum atomic E-state index is -3.91. The lowest BCUT2D eigenvalue weighted by Crippen LogP contribution is -2.11. The van der Waals surface area contributed by atoms with E-state index in [-0.39, 0.29) is 21.6 Å². The Morgan fingerprint density at radius 2 is 1.08 bits per heavy atom. The molecule has 0 bridgehead atoms. The smallest absolute Gasteiger partial charge is 0.225 e. The van der Waals surface area contributed by atoms with Gasteiger partial charge < -0.3 is 0 Å². The van der Waals surface area contributed by atoms with Crippen molar-refractivity contribution in [2.45, 2.75) is 4.90 Å². The molecule has 0 atom stereocenters. The topological polar surface area (TPSA) is 60.2 Å². The van der Waals surface area contributed by atoms with Crippen LogP contribution >= 0.6 is 0 Å². The van der Waals surface area contributed by atoms with Gasteiger partial charge in [-0.3, -0.25) is 0 Å². The second-order valence-electron chi connectivity index (χ2n) is 5.51. The van der Waals surface area contributed by atoms with Crippen LogP contribution in [0.25, 0.3) is 22.3 Å². The van der Waals surface area contributed by atoms with Crippen molar-refractivity contribution in [1.82, 2.24) is 0 Å². The molecular weight excluding hydrogens is 370 g/mol. The fraction of sp³-hybridized carbons (Fsp3) is 0. The zero-order valence-electron chi connectivity index (χ0n) is 13.0. The Bertz CT molecular complexity index is 1100. The van der Waals surface area contributed by atoms with Gasteiger partial charge in [-0.1, -0.05) is 18.2 Å². The highest BCUT2D eigenvalue weighted by Crippen LogP contribution is 2.35. The molecule has 3 aromatic rings. The van der Waals surface area contributed by atoms with Crippen LogP contribution in [0, 0.1) is 23.3 Å². The van der Waals surface area contributed by atoms with Gasteiger partial charge in [-0.25, -0.2) is 31.1 Å². The maximum absolute atomic E-state index is 13.7. The highest BCUT2D eigenvalue weighted by Gasteiger charge is 2.16. The SMILES string of the molecule is NS(=O)(=O)c1ccc(-c2cc(F)c(F)cc2-c2ccc(F)c(F)c2)cc1. The minimum absolute atomic E-state index is 0.117. The molecule has 0 amide bonds. The van der Waals surface area contributed by atoms with E-state index in [1.165, 1.54) is 30.3 Å². The van der Waals surface area contributed by atoms with Crippen LogP contribution < -0.4 is 5.14 Å². The summed E-state index contributed by atoms with van der Waals surface area (Å²) in [5.74, 6) is -4.50. The zero-order valence-corrected chi connectivity index (χ0v) is 13.8. The first-order chi connectivity index (χ1) is 12.2. The fourth-order valence-electron chi connectivity index (χ4n) is 2.51. The van der Waals surface area contributed by atoms with Crippen LogP contribution in [0.3, 0.4) is 0 Å². The Morgan fingerprint density at radius 1 is 0.615 bits per heavy atom. The van der Waals surface area contributed by atoms with Gasteiger partial charge in [0.1, 0.15) is 0 Å². The Balaban J connectivity index is 2.20. The first-order valence-corrected chi connectivity index (χ1v) is 8.79. The van der Waals surface area contributed by atoms with E-state index in [1.54, 1.807) is 0 Å². The molecule has 0 aliphatic carbocycles. The Morgan fingerprint density at radius 3 is 1.58 bits per heavy atom. The lowest BCUT2D eigenvalue weighted by atomic mass is 9.94. The first-order valence-electron chi connectivity index (χ1n) is 7.24. The molecule has 0 heterocycles. The highest BCUT2D eigenvalue weighted by atomic mass is 32.2. The molecule has 3 nitrogen and oxygen atoms in total. The maximum Gasteiger partial charge on any atom is 0.238 e. The number of rotatable bonds is 3. The van der Waals surface area contributed by atoms with Crippen LogP contribution in [-0.2, 0) is 10.0 Å². The summed E-state index contributed by atoms with van der Waals surface area (Å²) in [5.41, 5.74) is 0.770. The highest BCUT2D eigenvalue weighted by molar-refractivity contribution is 7.89. The van der Waals surface area contributed by atoms with E-state index in [0.29, 0.717) is 5.56 Å². The average Bonchev–Trinajstić information content (AvgIpc) is 2.59. The molecular formula is C18H11F4NO2S. The quantitative estimate of drug-likeness (QED) is 0.691. The van der Waals surface area contributed by atoms with E-state index < -0.39 is 33.3 Å². The van der Waals surface area contributed by atoms with Gasteiger partial charge >= 0.3 is 0 Å². The summed E-state index contributed by atoms with van der Waals surface area (Å²) < 4.78 is 76.8. The number of primary sulfonamides is 1. The standard InChI is InChI=1S/C18H11F4NO2S/c19-15-6-3-11(7-16(15)20)14-9-18(22)17(21)8-13(14)10-1-4-12(5-2-10)26(23,24)25/h1-9H,(H2,23,24,25). The molecule has 0 aliphatic heterocycles. The number of sulfonamides is 1. The predicted molar refractivity (Wildman–Crippen MR) is 88.5 cm³/mol. The van der Waals surface area contributed by atoms with Crippen LogP contribution in [0.15, 0.2) is 59.5 Å². The summed E-state index contributed by atoms with van der Waals surface area (Å²) in [6, 6.07) is 9.87. The molecule has 0 saturated heterocycles. The molecule has 0 aromatic heterocycles. The van der Waals surface area contributed by atoms with Gasteiger partial charge in [0.2, 0.25) is 10.0 Å². The van der Waals surface area contributed by atoms with Gasteiger partial charge in [0.05, 0.1) is 4.90 Å². The number of hydrogen-bond donors (Lipinski definition) is 1. The molecule has 0 unspecified atom stereocenters. The molecule has 0 spiro atoms. The van der Waals surface area contributed by atoms with Gasteiger partial charge in [-0.2, -0.15) is 0 Å². The number of benzene rings is 3. The van der Waals surface area contributed by atoms with Crippen LogP contribution in [0.4, 0.5) is 17.6 Å². The van der Waals surface area contributed by atoms with E-state index in [9.17, 15) is 26.0 Å². The third-order valence-electron chi connectivity index (χ3n) is 3.78. The summed E-state index contributed by atoms with van der Waals surface area (Å²) in [6.45, 7) is 0. The summed E-state index contributed by atoms with van der Waals surface area (Å²) >= 11 is 0. The Kier molecular flexibility index (Phi) is 4.55. The van der Waals surface area contributed by atoms with Gasteiger partial charge in [-0.05, 0) is 58.7 Å². The molecule has 3 aromatic carbocycles. The van der Waals surface area contributed by atoms with E-state index in [0.717, 1.165) is 24.3 Å². The number of halogens is 4. The van der Waals surface area contributed by atoms with Crippen molar-refractivity contribution in [1.29, 1.82) is 0 Å². The van der Waals surface area contributed by atoms with E-state index in [2.05, 4.69) is 0 Å². The summed E-state index contributed by atoms with van der Waals surface area (Å²) in [5, 5.41) is 5.03. The normalized spacial score (nSPS) is 11.6. The summed E-state index contributed by atoms with van der Waals surface area (Å²) in [4.78, 5) is -0.154. The van der Waals surface area contributed by atoms with Crippen LogP contribution in [0.2, 0.25) is 0 Å². The second-order valence-corrected chi connectivity index (χ2v) is 7.07.